The van der Waals surface area contributed by atoms with Crippen LogP contribution in [0.4, 0.5) is 15.3 Å². The van der Waals surface area contributed by atoms with E-state index in [2.05, 4.69) is 6.58 Å². The number of rotatable bonds is 6. The molecule has 1 heterocycles. The minimum atomic E-state index is -0.505. The summed E-state index contributed by atoms with van der Waals surface area (Å²) in [4.78, 5) is 30.5. The Labute approximate surface area is 140 Å². The van der Waals surface area contributed by atoms with Crippen LogP contribution in [0, 0.1) is 0 Å². The van der Waals surface area contributed by atoms with Crippen LogP contribution in [0.1, 0.15) is 26.3 Å². The fourth-order valence-electron chi connectivity index (χ4n) is 2.12. The predicted molar refractivity (Wildman–Crippen MR) is 91.6 cm³/mol. The molecule has 1 aliphatic rings. The van der Waals surface area contributed by atoms with E-state index in [9.17, 15) is 9.59 Å². The largest absolute Gasteiger partial charge is 0.369 e. The molecule has 0 saturated carbocycles. The summed E-state index contributed by atoms with van der Waals surface area (Å²) in [6.07, 6.45) is 2.10. The van der Waals surface area contributed by atoms with Gasteiger partial charge in [0, 0.05) is 0 Å². The maximum absolute atomic E-state index is 12.7. The average Bonchev–Trinajstić information content (AvgIpc) is 2.54. The number of carbonyl (C=O) groups is 2. The van der Waals surface area contributed by atoms with Gasteiger partial charge in [-0.15, -0.1) is 11.6 Å². The van der Waals surface area contributed by atoms with Crippen LogP contribution in [0.15, 0.2) is 36.9 Å². The highest BCUT2D eigenvalue weighted by Crippen LogP contribution is 2.34. The second-order valence-corrected chi connectivity index (χ2v) is 6.19. The monoisotopic (exact) mass is 335 g/mol. The molecule has 4 amide bonds. The third kappa shape index (κ3) is 3.68. The van der Waals surface area contributed by atoms with Crippen LogP contribution >= 0.6 is 12.1 Å². The van der Waals surface area contributed by atoms with Gasteiger partial charge in [0.25, 0.3) is 0 Å². The summed E-state index contributed by atoms with van der Waals surface area (Å²) in [5.41, 5.74) is 1.77. The molecule has 0 aliphatic carbocycles. The van der Waals surface area contributed by atoms with Gasteiger partial charge in [-0.05, 0) is 31.9 Å². The van der Waals surface area contributed by atoms with E-state index >= 15 is 0 Å². The van der Waals surface area contributed by atoms with Crippen molar-refractivity contribution in [3.05, 3.63) is 42.5 Å². The van der Waals surface area contributed by atoms with E-state index in [0.717, 1.165) is 34.9 Å². The summed E-state index contributed by atoms with van der Waals surface area (Å²) in [6.45, 7) is 9.52. The van der Waals surface area contributed by atoms with Crippen molar-refractivity contribution in [3.8, 4) is 0 Å². The van der Waals surface area contributed by atoms with E-state index in [4.69, 9.17) is 4.84 Å². The number of hydroxylamine groups is 2. The lowest BCUT2D eigenvalue weighted by molar-refractivity contribution is -0.114. The molecule has 7 heteroatoms. The fraction of sp³-hybridized carbons (Fsp3) is 0.375. The van der Waals surface area contributed by atoms with Gasteiger partial charge in [0.05, 0.1) is 30.5 Å². The third-order valence-electron chi connectivity index (χ3n) is 3.12. The number of para-hydroxylation sites is 1. The summed E-state index contributed by atoms with van der Waals surface area (Å²) < 4.78 is 2.91. The lowest BCUT2D eigenvalue weighted by Gasteiger charge is -2.38. The molecule has 1 fully saturated rings. The third-order valence-corrected chi connectivity index (χ3v) is 4.14. The van der Waals surface area contributed by atoms with Crippen LogP contribution in [0.5, 0.6) is 0 Å². The first kappa shape index (κ1) is 17.4. The lowest BCUT2D eigenvalue weighted by atomic mass is 10.1. The van der Waals surface area contributed by atoms with E-state index in [0.29, 0.717) is 6.54 Å². The summed E-state index contributed by atoms with van der Waals surface area (Å²) in [5, 5.41) is 0.817. The zero-order chi connectivity index (χ0) is 17.0. The maximum Gasteiger partial charge on any atom is 0.369 e. The van der Waals surface area contributed by atoms with E-state index < -0.39 is 12.1 Å². The molecule has 2 rings (SSSR count). The van der Waals surface area contributed by atoms with Crippen molar-refractivity contribution in [2.24, 2.45) is 0 Å². The van der Waals surface area contributed by atoms with Crippen LogP contribution in [-0.2, 0) is 11.3 Å². The van der Waals surface area contributed by atoms with Gasteiger partial charge in [-0.3, -0.25) is 4.84 Å². The van der Waals surface area contributed by atoms with Crippen molar-refractivity contribution in [2.45, 2.75) is 33.3 Å². The molecule has 124 valence electrons. The van der Waals surface area contributed by atoms with Crippen molar-refractivity contribution in [3.63, 3.8) is 0 Å². The molecule has 23 heavy (non-hydrogen) atoms. The van der Waals surface area contributed by atoms with Crippen molar-refractivity contribution in [2.75, 3.05) is 10.8 Å². The van der Waals surface area contributed by atoms with Crippen molar-refractivity contribution in [1.29, 1.82) is 0 Å². The molecule has 0 spiro atoms. The van der Waals surface area contributed by atoms with Gasteiger partial charge in [-0.25, -0.2) is 18.2 Å². The smallest absolute Gasteiger partial charge is 0.258 e. The second-order valence-electron chi connectivity index (χ2n) is 5.22. The Balaban J connectivity index is 2.39. The number of carbonyl (C=O) groups excluding carboxylic acids is 2. The minimum absolute atomic E-state index is 0.292. The topological polar surface area (TPSA) is 53.1 Å². The standard InChI is InChI=1S/C16H21N3O3S/c1-5-11-17-15(20)18(22-12(3)4)16(21)19(23-17)14-10-8-7-9-13(14)6-2/h5,7-10,12H,1,6,11H2,2-4H3. The number of amides is 4. The van der Waals surface area contributed by atoms with Crippen LogP contribution in [-0.4, -0.2) is 34.1 Å². The Hall–Kier alpha value is -1.99. The van der Waals surface area contributed by atoms with E-state index in [1.807, 2.05) is 31.2 Å². The Morgan fingerprint density at radius 3 is 2.57 bits per heavy atom. The zero-order valence-electron chi connectivity index (χ0n) is 13.6. The number of anilines is 1. The maximum atomic E-state index is 12.7. The number of hydrogen-bond acceptors (Lipinski definition) is 4. The lowest BCUT2D eigenvalue weighted by Crippen LogP contribution is -2.55. The Bertz CT molecular complexity index is 606. The molecule has 0 aromatic heterocycles. The summed E-state index contributed by atoms with van der Waals surface area (Å²) in [6, 6.07) is 6.61. The van der Waals surface area contributed by atoms with Crippen LogP contribution < -0.4 is 4.31 Å². The molecule has 0 radical (unpaired) electrons. The van der Waals surface area contributed by atoms with Gasteiger partial charge in [0.2, 0.25) is 0 Å². The van der Waals surface area contributed by atoms with Crippen molar-refractivity contribution in [1.82, 2.24) is 9.37 Å². The Kier molecular flexibility index (Phi) is 5.68. The minimum Gasteiger partial charge on any atom is -0.258 e. The molecule has 0 N–H and O–H groups in total. The molecule has 0 unspecified atom stereocenters. The van der Waals surface area contributed by atoms with Crippen molar-refractivity contribution >= 4 is 29.9 Å². The second kappa shape index (κ2) is 7.52. The molecular weight excluding hydrogens is 314 g/mol. The number of aryl methyl sites for hydroxylation is 1. The summed E-state index contributed by atoms with van der Waals surface area (Å²) in [7, 11) is 0. The highest BCUT2D eigenvalue weighted by Gasteiger charge is 2.41. The van der Waals surface area contributed by atoms with Crippen LogP contribution in [0.2, 0.25) is 0 Å². The van der Waals surface area contributed by atoms with Crippen LogP contribution in [0.3, 0.4) is 0 Å². The van der Waals surface area contributed by atoms with E-state index in [-0.39, 0.29) is 6.10 Å². The van der Waals surface area contributed by atoms with E-state index in [1.54, 1.807) is 19.9 Å². The number of urea groups is 2. The fourth-order valence-corrected chi connectivity index (χ4v) is 3.04. The number of nitrogens with zero attached hydrogens (tertiary/aromatic N) is 3. The first-order chi connectivity index (χ1) is 11.0. The van der Waals surface area contributed by atoms with Gasteiger partial charge < -0.3 is 0 Å². The van der Waals surface area contributed by atoms with Crippen LogP contribution in [0.25, 0.3) is 0 Å². The molecule has 1 aromatic carbocycles. The van der Waals surface area contributed by atoms with Crippen molar-refractivity contribution < 1.29 is 14.4 Å². The van der Waals surface area contributed by atoms with Gasteiger partial charge in [0.1, 0.15) is 0 Å². The van der Waals surface area contributed by atoms with Gasteiger partial charge in [-0.2, -0.15) is 0 Å². The Morgan fingerprint density at radius 2 is 1.96 bits per heavy atom. The first-order valence-corrected chi connectivity index (χ1v) is 8.22. The quantitative estimate of drug-likeness (QED) is 0.582. The summed E-state index contributed by atoms with van der Waals surface area (Å²) in [5.74, 6) is 0. The van der Waals surface area contributed by atoms with E-state index in [1.165, 1.54) is 8.61 Å². The summed E-state index contributed by atoms with van der Waals surface area (Å²) >= 11 is 1.06. The molecule has 1 aromatic rings. The Morgan fingerprint density at radius 1 is 1.26 bits per heavy atom. The number of benzene rings is 1. The zero-order valence-corrected chi connectivity index (χ0v) is 14.4. The SMILES string of the molecule is C=CCN1SN(c2ccccc2CC)C(=O)N(OC(C)C)C1=O. The molecule has 6 nitrogen and oxygen atoms in total. The average molecular weight is 335 g/mol. The molecule has 1 saturated heterocycles. The number of imide groups is 1. The molecule has 1 aliphatic heterocycles. The molecule has 0 atom stereocenters. The predicted octanol–water partition coefficient (Wildman–Crippen LogP) is 4.00. The highest BCUT2D eigenvalue weighted by atomic mass is 32.2. The number of hydrogen-bond donors (Lipinski definition) is 0. The van der Waals surface area contributed by atoms with Gasteiger partial charge >= 0.3 is 12.1 Å². The molecular formula is C16H21N3O3S. The highest BCUT2D eigenvalue weighted by molar-refractivity contribution is 7.99. The van der Waals surface area contributed by atoms with Gasteiger partial charge in [-0.1, -0.05) is 31.2 Å². The first-order valence-electron chi connectivity index (χ1n) is 7.49. The van der Waals surface area contributed by atoms with Gasteiger partial charge in [0.15, 0.2) is 0 Å². The molecule has 0 bridgehead atoms. The normalized spacial score (nSPS) is 15.6.